The average molecular weight is 320 g/mol. The zero-order valence-electron chi connectivity index (χ0n) is 13.5. The number of carboxylic acids is 1. The van der Waals surface area contributed by atoms with Gasteiger partial charge in [0, 0.05) is 13.1 Å². The maximum absolute atomic E-state index is 11.1. The smallest absolute Gasteiger partial charge is 0.335 e. The molecule has 0 spiro atoms. The lowest BCUT2D eigenvalue weighted by molar-refractivity contribution is 0.0696. The lowest BCUT2D eigenvalue weighted by Gasteiger charge is -2.16. The molecule has 0 aliphatic carbocycles. The molecule has 4 nitrogen and oxygen atoms in total. The number of nitrogens with zero attached hydrogens (tertiary/aromatic N) is 2. The van der Waals surface area contributed by atoms with Gasteiger partial charge in [0.25, 0.3) is 0 Å². The minimum absolute atomic E-state index is 0.357. The third-order valence-electron chi connectivity index (χ3n) is 4.53. The van der Waals surface area contributed by atoms with E-state index in [9.17, 15) is 4.79 Å². The van der Waals surface area contributed by atoms with Crippen molar-refractivity contribution in [1.29, 1.82) is 5.26 Å². The molecule has 0 unspecified atom stereocenters. The van der Waals surface area contributed by atoms with E-state index in [0.717, 1.165) is 38.0 Å². The van der Waals surface area contributed by atoms with E-state index in [-0.39, 0.29) is 0 Å². The molecule has 1 aliphatic rings. The van der Waals surface area contributed by atoms with Gasteiger partial charge in [-0.15, -0.1) is 0 Å². The van der Waals surface area contributed by atoms with Crippen molar-refractivity contribution >= 4 is 5.97 Å². The molecular weight excluding hydrogens is 300 g/mol. The van der Waals surface area contributed by atoms with Crippen molar-refractivity contribution in [1.82, 2.24) is 4.90 Å². The normalized spacial score (nSPS) is 17.5. The molecule has 0 saturated carbocycles. The number of carboxylic acid groups (broad SMARTS) is 1. The Morgan fingerprint density at radius 3 is 2.79 bits per heavy atom. The summed E-state index contributed by atoms with van der Waals surface area (Å²) in [6.45, 7) is 2.91. The third-order valence-corrected chi connectivity index (χ3v) is 4.53. The second kappa shape index (κ2) is 7.29. The van der Waals surface area contributed by atoms with E-state index in [2.05, 4.69) is 17.0 Å². The molecule has 3 rings (SSSR count). The van der Waals surface area contributed by atoms with Crippen LogP contribution in [0, 0.1) is 17.2 Å². The van der Waals surface area contributed by atoms with Crippen LogP contribution in [0.15, 0.2) is 48.5 Å². The van der Waals surface area contributed by atoms with E-state index in [0.29, 0.717) is 17.0 Å². The minimum Gasteiger partial charge on any atom is -0.478 e. The fourth-order valence-electron chi connectivity index (χ4n) is 3.39. The van der Waals surface area contributed by atoms with Crippen LogP contribution in [-0.2, 0) is 13.0 Å². The zero-order chi connectivity index (χ0) is 16.9. The Morgan fingerprint density at radius 1 is 1.21 bits per heavy atom. The molecule has 1 aliphatic heterocycles. The minimum atomic E-state index is -0.873. The van der Waals surface area contributed by atoms with Crippen LogP contribution in [0.3, 0.4) is 0 Å². The predicted octanol–water partition coefficient (Wildman–Crippen LogP) is 3.32. The molecule has 1 saturated heterocycles. The highest BCUT2D eigenvalue weighted by atomic mass is 16.4. The summed E-state index contributed by atoms with van der Waals surface area (Å²) < 4.78 is 0. The summed E-state index contributed by atoms with van der Waals surface area (Å²) in [7, 11) is 0. The molecule has 2 aromatic rings. The Labute approximate surface area is 142 Å². The number of nitriles is 1. The standard InChI is InChI=1S/C20H20N2O2/c21-12-16-4-1-5-17(10-16)13-22-8-7-18(14-22)9-15-3-2-6-19(11-15)20(23)24/h1-6,10-11,18H,7-9,13-14H2,(H,23,24)/t18-/m0/s1. The molecular formula is C20H20N2O2. The topological polar surface area (TPSA) is 64.3 Å². The van der Waals surface area contributed by atoms with Gasteiger partial charge in [-0.05, 0) is 60.7 Å². The lowest BCUT2D eigenvalue weighted by Crippen LogP contribution is -2.20. The molecule has 4 heteroatoms. The highest BCUT2D eigenvalue weighted by Crippen LogP contribution is 2.23. The largest absolute Gasteiger partial charge is 0.478 e. The summed E-state index contributed by atoms with van der Waals surface area (Å²) in [6, 6.07) is 17.2. The Bertz CT molecular complexity index is 779. The summed E-state index contributed by atoms with van der Waals surface area (Å²) in [5.41, 5.74) is 3.32. The summed E-state index contributed by atoms with van der Waals surface area (Å²) in [5, 5.41) is 18.1. The molecule has 1 atom stereocenters. The van der Waals surface area contributed by atoms with Crippen LogP contribution in [0.1, 0.15) is 33.5 Å². The second-order valence-corrected chi connectivity index (χ2v) is 6.41. The van der Waals surface area contributed by atoms with E-state index >= 15 is 0 Å². The van der Waals surface area contributed by atoms with Crippen molar-refractivity contribution in [2.75, 3.05) is 13.1 Å². The highest BCUT2D eigenvalue weighted by Gasteiger charge is 2.23. The van der Waals surface area contributed by atoms with Gasteiger partial charge in [0.05, 0.1) is 17.2 Å². The summed E-state index contributed by atoms with van der Waals surface area (Å²) in [6.07, 6.45) is 2.03. The van der Waals surface area contributed by atoms with E-state index in [1.54, 1.807) is 12.1 Å². The highest BCUT2D eigenvalue weighted by molar-refractivity contribution is 5.87. The van der Waals surface area contributed by atoms with Gasteiger partial charge in [-0.3, -0.25) is 4.90 Å². The SMILES string of the molecule is N#Cc1cccc(CN2CC[C@@H](Cc3cccc(C(=O)O)c3)C2)c1. The van der Waals surface area contributed by atoms with Gasteiger partial charge in [-0.2, -0.15) is 5.26 Å². The lowest BCUT2D eigenvalue weighted by atomic mass is 9.97. The van der Waals surface area contributed by atoms with Crippen LogP contribution in [0.4, 0.5) is 0 Å². The maximum Gasteiger partial charge on any atom is 0.335 e. The van der Waals surface area contributed by atoms with Gasteiger partial charge in [-0.1, -0.05) is 24.3 Å². The first-order chi connectivity index (χ1) is 11.6. The van der Waals surface area contributed by atoms with Crippen LogP contribution >= 0.6 is 0 Å². The Balaban J connectivity index is 1.58. The number of likely N-dealkylation sites (tertiary alicyclic amines) is 1. The first-order valence-corrected chi connectivity index (χ1v) is 8.17. The van der Waals surface area contributed by atoms with Crippen LogP contribution in [0.5, 0.6) is 0 Å². The van der Waals surface area contributed by atoms with Crippen LogP contribution < -0.4 is 0 Å². The molecule has 24 heavy (non-hydrogen) atoms. The number of rotatable bonds is 5. The number of hydrogen-bond acceptors (Lipinski definition) is 3. The predicted molar refractivity (Wildman–Crippen MR) is 91.6 cm³/mol. The number of carbonyl (C=O) groups is 1. The quantitative estimate of drug-likeness (QED) is 0.918. The van der Waals surface area contributed by atoms with Gasteiger partial charge in [0.2, 0.25) is 0 Å². The molecule has 1 N–H and O–H groups in total. The first-order valence-electron chi connectivity index (χ1n) is 8.17. The van der Waals surface area contributed by atoms with Gasteiger partial charge < -0.3 is 5.11 Å². The Kier molecular flexibility index (Phi) is 4.93. The van der Waals surface area contributed by atoms with Crippen molar-refractivity contribution in [2.45, 2.75) is 19.4 Å². The summed E-state index contributed by atoms with van der Waals surface area (Å²) >= 11 is 0. The Hall–Kier alpha value is -2.64. The van der Waals surface area contributed by atoms with Crippen molar-refractivity contribution in [3.63, 3.8) is 0 Å². The molecule has 1 fully saturated rings. The number of hydrogen-bond donors (Lipinski definition) is 1. The zero-order valence-corrected chi connectivity index (χ0v) is 13.5. The number of aromatic carboxylic acids is 1. The van der Waals surface area contributed by atoms with Gasteiger partial charge in [0.1, 0.15) is 0 Å². The van der Waals surface area contributed by atoms with Crippen molar-refractivity contribution in [3.8, 4) is 6.07 Å². The third kappa shape index (κ3) is 4.01. The van der Waals surface area contributed by atoms with E-state index < -0.39 is 5.97 Å². The fourth-order valence-corrected chi connectivity index (χ4v) is 3.39. The van der Waals surface area contributed by atoms with Crippen molar-refractivity contribution in [3.05, 3.63) is 70.8 Å². The van der Waals surface area contributed by atoms with Crippen LogP contribution in [0.2, 0.25) is 0 Å². The van der Waals surface area contributed by atoms with Gasteiger partial charge in [-0.25, -0.2) is 4.79 Å². The number of benzene rings is 2. The molecule has 0 radical (unpaired) electrons. The van der Waals surface area contributed by atoms with Crippen LogP contribution in [-0.4, -0.2) is 29.1 Å². The van der Waals surface area contributed by atoms with E-state index in [1.807, 2.05) is 30.3 Å². The van der Waals surface area contributed by atoms with Crippen molar-refractivity contribution < 1.29 is 9.90 Å². The molecule has 1 heterocycles. The average Bonchev–Trinajstić information content (AvgIpc) is 3.02. The molecule has 2 aromatic carbocycles. The monoisotopic (exact) mass is 320 g/mol. The second-order valence-electron chi connectivity index (χ2n) is 6.41. The fraction of sp³-hybridized carbons (Fsp3) is 0.300. The summed E-state index contributed by atoms with van der Waals surface area (Å²) in [4.78, 5) is 13.5. The van der Waals surface area contributed by atoms with Crippen LogP contribution in [0.25, 0.3) is 0 Å². The molecule has 0 bridgehead atoms. The Morgan fingerprint density at radius 2 is 2.00 bits per heavy atom. The maximum atomic E-state index is 11.1. The molecule has 122 valence electrons. The summed E-state index contributed by atoms with van der Waals surface area (Å²) in [5.74, 6) is -0.324. The van der Waals surface area contributed by atoms with Gasteiger partial charge >= 0.3 is 5.97 Å². The van der Waals surface area contributed by atoms with E-state index in [4.69, 9.17) is 10.4 Å². The van der Waals surface area contributed by atoms with Crippen molar-refractivity contribution in [2.24, 2.45) is 5.92 Å². The molecule has 0 aromatic heterocycles. The first kappa shape index (κ1) is 16.2. The molecule has 0 amide bonds. The van der Waals surface area contributed by atoms with E-state index in [1.165, 1.54) is 5.56 Å². The van der Waals surface area contributed by atoms with Gasteiger partial charge in [0.15, 0.2) is 0 Å².